The van der Waals surface area contributed by atoms with Crippen LogP contribution in [0, 0.1) is 0 Å². The quantitative estimate of drug-likeness (QED) is 0.795. The number of rotatable bonds is 3. The molecule has 13 heavy (non-hydrogen) atoms. The first-order chi connectivity index (χ1) is 6.11. The maximum absolute atomic E-state index is 11.3. The van der Waals surface area contributed by atoms with E-state index in [0.717, 1.165) is 0 Å². The van der Waals surface area contributed by atoms with Crippen LogP contribution >= 0.6 is 11.6 Å². The summed E-state index contributed by atoms with van der Waals surface area (Å²) in [6, 6.07) is 3.18. The molecule has 1 aromatic heterocycles. The van der Waals surface area contributed by atoms with Crippen molar-refractivity contribution in [2.75, 3.05) is 5.75 Å². The van der Waals surface area contributed by atoms with Crippen LogP contribution in [0.1, 0.15) is 0 Å². The van der Waals surface area contributed by atoms with Crippen LogP contribution in [0.3, 0.4) is 0 Å². The number of nitrogens with two attached hydrogens (primary N) is 1. The fourth-order valence-corrected chi connectivity index (χ4v) is 1.98. The molecule has 0 aliphatic carbocycles. The van der Waals surface area contributed by atoms with Gasteiger partial charge in [-0.2, -0.15) is 0 Å². The predicted octanol–water partition coefficient (Wildman–Crippen LogP) is 0.328. The highest BCUT2D eigenvalue weighted by atomic mass is 35.5. The molecular weight excluding hydrogens is 212 g/mol. The maximum Gasteiger partial charge on any atom is 0.230 e. The highest BCUT2D eigenvalue weighted by Crippen LogP contribution is 2.15. The third-order valence-corrected chi connectivity index (χ3v) is 2.93. The van der Waals surface area contributed by atoms with Gasteiger partial charge in [0.25, 0.3) is 0 Å². The molecule has 0 spiro atoms. The number of pyridine rings is 1. The lowest BCUT2D eigenvalue weighted by atomic mass is 10.5. The van der Waals surface area contributed by atoms with Crippen molar-refractivity contribution in [3.63, 3.8) is 0 Å². The van der Waals surface area contributed by atoms with Gasteiger partial charge in [-0.3, -0.25) is 9.00 Å². The molecule has 0 aliphatic rings. The number of hydrogen-bond acceptors (Lipinski definition) is 3. The van der Waals surface area contributed by atoms with E-state index >= 15 is 0 Å². The van der Waals surface area contributed by atoms with Crippen molar-refractivity contribution in [3.8, 4) is 0 Å². The van der Waals surface area contributed by atoms with E-state index in [1.807, 2.05) is 0 Å². The Balaban J connectivity index is 2.89. The molecule has 2 N–H and O–H groups in total. The summed E-state index contributed by atoms with van der Waals surface area (Å²) >= 11 is 5.69. The molecule has 1 rings (SSSR count). The summed E-state index contributed by atoms with van der Waals surface area (Å²) in [5.74, 6) is -0.892. The van der Waals surface area contributed by atoms with Crippen molar-refractivity contribution in [2.45, 2.75) is 5.03 Å². The molecule has 1 amide bonds. The second-order valence-electron chi connectivity index (χ2n) is 2.25. The molecular formula is C7H7ClN2O2S. The molecule has 6 heteroatoms. The van der Waals surface area contributed by atoms with Crippen LogP contribution in [0.2, 0.25) is 5.02 Å². The molecule has 0 saturated carbocycles. The fraction of sp³-hybridized carbons (Fsp3) is 0.143. The first-order valence-electron chi connectivity index (χ1n) is 3.38. The van der Waals surface area contributed by atoms with Crippen LogP contribution in [-0.2, 0) is 15.6 Å². The Morgan fingerprint density at radius 1 is 1.69 bits per heavy atom. The van der Waals surface area contributed by atoms with Gasteiger partial charge in [0.2, 0.25) is 5.91 Å². The van der Waals surface area contributed by atoms with E-state index in [0.29, 0.717) is 0 Å². The summed E-state index contributed by atoms with van der Waals surface area (Å²) in [5.41, 5.74) is 4.88. The van der Waals surface area contributed by atoms with Crippen LogP contribution in [0.5, 0.6) is 0 Å². The molecule has 0 radical (unpaired) electrons. The predicted molar refractivity (Wildman–Crippen MR) is 49.7 cm³/mol. The zero-order valence-corrected chi connectivity index (χ0v) is 8.14. The summed E-state index contributed by atoms with van der Waals surface area (Å²) in [6.45, 7) is 0. The lowest BCUT2D eigenvalue weighted by molar-refractivity contribution is -0.115. The van der Waals surface area contributed by atoms with E-state index in [1.54, 1.807) is 12.1 Å². The van der Waals surface area contributed by atoms with Gasteiger partial charge in [0.1, 0.15) is 10.8 Å². The van der Waals surface area contributed by atoms with E-state index < -0.39 is 16.7 Å². The zero-order valence-electron chi connectivity index (χ0n) is 6.57. The van der Waals surface area contributed by atoms with Crippen LogP contribution in [0.4, 0.5) is 0 Å². The van der Waals surface area contributed by atoms with E-state index in [-0.39, 0.29) is 15.8 Å². The first kappa shape index (κ1) is 10.1. The van der Waals surface area contributed by atoms with Crippen LogP contribution in [0.15, 0.2) is 23.4 Å². The van der Waals surface area contributed by atoms with Crippen molar-refractivity contribution in [1.29, 1.82) is 0 Å². The average Bonchev–Trinajstić information content (AvgIpc) is 2.03. The van der Waals surface area contributed by atoms with E-state index in [1.165, 1.54) is 6.20 Å². The van der Waals surface area contributed by atoms with Gasteiger partial charge >= 0.3 is 0 Å². The molecule has 0 aromatic carbocycles. The van der Waals surface area contributed by atoms with Crippen LogP contribution in [0.25, 0.3) is 0 Å². The summed E-state index contributed by atoms with van der Waals surface area (Å²) in [7, 11) is -1.54. The van der Waals surface area contributed by atoms with Crippen molar-refractivity contribution in [3.05, 3.63) is 23.4 Å². The summed E-state index contributed by atoms with van der Waals surface area (Å²) in [5, 5.41) is 0.477. The topological polar surface area (TPSA) is 73.1 Å². The molecule has 0 saturated heterocycles. The smallest absolute Gasteiger partial charge is 0.230 e. The molecule has 1 heterocycles. The number of amides is 1. The minimum Gasteiger partial charge on any atom is -0.369 e. The minimum atomic E-state index is -1.54. The van der Waals surface area contributed by atoms with Crippen molar-refractivity contribution in [2.24, 2.45) is 5.73 Å². The Hall–Kier alpha value is -0.940. The molecule has 70 valence electrons. The highest BCUT2D eigenvalue weighted by molar-refractivity contribution is 7.85. The third kappa shape index (κ3) is 2.78. The highest BCUT2D eigenvalue weighted by Gasteiger charge is 2.11. The Bertz CT molecular complexity index is 356. The normalized spacial score (nSPS) is 12.4. The number of primary amides is 1. The summed E-state index contributed by atoms with van der Waals surface area (Å²) in [4.78, 5) is 14.2. The molecule has 0 aliphatic heterocycles. The van der Waals surface area contributed by atoms with Gasteiger partial charge in [-0.1, -0.05) is 11.6 Å². The molecule has 4 nitrogen and oxygen atoms in total. The van der Waals surface area contributed by atoms with Gasteiger partial charge in [0.15, 0.2) is 0 Å². The first-order valence-corrected chi connectivity index (χ1v) is 5.08. The monoisotopic (exact) mass is 218 g/mol. The zero-order chi connectivity index (χ0) is 9.84. The molecule has 0 bridgehead atoms. The Morgan fingerprint density at radius 3 is 2.92 bits per heavy atom. The van der Waals surface area contributed by atoms with Crippen molar-refractivity contribution < 1.29 is 9.00 Å². The number of nitrogens with zero attached hydrogens (tertiary/aromatic N) is 1. The Morgan fingerprint density at radius 2 is 2.38 bits per heavy atom. The Kier molecular flexibility index (Phi) is 3.39. The maximum atomic E-state index is 11.3. The van der Waals surface area contributed by atoms with E-state index in [2.05, 4.69) is 4.98 Å². The fourth-order valence-electron chi connectivity index (χ4n) is 0.736. The van der Waals surface area contributed by atoms with Crippen molar-refractivity contribution in [1.82, 2.24) is 4.98 Å². The molecule has 0 fully saturated rings. The number of aromatic nitrogens is 1. The van der Waals surface area contributed by atoms with Crippen molar-refractivity contribution >= 4 is 28.3 Å². The van der Waals surface area contributed by atoms with Gasteiger partial charge in [0.05, 0.1) is 15.8 Å². The Labute approximate surface area is 82.6 Å². The number of hydrogen-bond donors (Lipinski definition) is 1. The van der Waals surface area contributed by atoms with Gasteiger partial charge in [-0.25, -0.2) is 4.98 Å². The van der Waals surface area contributed by atoms with Gasteiger partial charge in [-0.15, -0.1) is 0 Å². The average molecular weight is 219 g/mol. The number of carbonyl (C=O) groups is 1. The molecule has 1 atom stereocenters. The SMILES string of the molecule is NC(=O)CS(=O)c1ncccc1Cl. The number of carbonyl (C=O) groups excluding carboxylic acids is 1. The molecule has 1 unspecified atom stereocenters. The summed E-state index contributed by atoms with van der Waals surface area (Å²) < 4.78 is 11.3. The molecule has 1 aromatic rings. The van der Waals surface area contributed by atoms with Gasteiger partial charge in [-0.05, 0) is 12.1 Å². The summed E-state index contributed by atoms with van der Waals surface area (Å²) in [6.07, 6.45) is 1.46. The van der Waals surface area contributed by atoms with Crippen LogP contribution in [-0.4, -0.2) is 20.9 Å². The largest absolute Gasteiger partial charge is 0.369 e. The second-order valence-corrected chi connectivity index (χ2v) is 4.02. The third-order valence-electron chi connectivity index (χ3n) is 1.21. The van der Waals surface area contributed by atoms with E-state index in [9.17, 15) is 9.00 Å². The lowest BCUT2D eigenvalue weighted by Gasteiger charge is -1.99. The van der Waals surface area contributed by atoms with E-state index in [4.69, 9.17) is 17.3 Å². The second kappa shape index (κ2) is 4.34. The van der Waals surface area contributed by atoms with Gasteiger partial charge in [0, 0.05) is 6.20 Å². The standard InChI is InChI=1S/C7H7ClN2O2S/c8-5-2-1-3-10-7(5)13(12)4-6(9)11/h1-3H,4H2,(H2,9,11). The van der Waals surface area contributed by atoms with Gasteiger partial charge < -0.3 is 5.73 Å². The van der Waals surface area contributed by atoms with Crippen LogP contribution < -0.4 is 5.73 Å². The minimum absolute atomic E-state index is 0.197. The number of halogens is 1. The lowest BCUT2D eigenvalue weighted by Crippen LogP contribution is -2.20.